The van der Waals surface area contributed by atoms with Crippen molar-refractivity contribution in [2.45, 2.75) is 20.0 Å². The number of amides is 3. The molecule has 1 N–H and O–H groups in total. The fourth-order valence-corrected chi connectivity index (χ4v) is 5.80. The Morgan fingerprint density at radius 2 is 1.75 bits per heavy atom. The van der Waals surface area contributed by atoms with Crippen LogP contribution < -0.4 is 5.32 Å². The normalized spacial score (nSPS) is 16.2. The van der Waals surface area contributed by atoms with E-state index in [-0.39, 0.29) is 17.7 Å². The smallest absolute Gasteiger partial charge is 0.259 e. The van der Waals surface area contributed by atoms with Gasteiger partial charge in [0.05, 0.1) is 16.7 Å². The molecule has 6 nitrogen and oxygen atoms in total. The maximum atomic E-state index is 13.0. The van der Waals surface area contributed by atoms with Gasteiger partial charge in [-0.2, -0.15) is 0 Å². The molecule has 0 atom stereocenters. The first kappa shape index (κ1) is 19.0. The van der Waals surface area contributed by atoms with Crippen molar-refractivity contribution in [3.63, 3.8) is 0 Å². The van der Waals surface area contributed by atoms with Crippen molar-refractivity contribution in [2.24, 2.45) is 0 Å². The average molecular weight is 442 g/mol. The highest BCUT2D eigenvalue weighted by atomic mass is 32.1. The van der Waals surface area contributed by atoms with Crippen LogP contribution in [0.15, 0.2) is 54.0 Å². The predicted molar refractivity (Wildman–Crippen MR) is 125 cm³/mol. The van der Waals surface area contributed by atoms with E-state index in [1.165, 1.54) is 0 Å². The SMILES string of the molecule is CC(=O)N1CCn2cc(C3=C(c4cccc5ccsc45)C(=O)NC3=O)c3cccc(c32)C1. The van der Waals surface area contributed by atoms with E-state index in [1.807, 2.05) is 58.9 Å². The lowest BCUT2D eigenvalue weighted by Gasteiger charge is -2.18. The van der Waals surface area contributed by atoms with Crippen molar-refractivity contribution in [3.8, 4) is 0 Å². The van der Waals surface area contributed by atoms with Crippen molar-refractivity contribution >= 4 is 61.2 Å². The Bertz CT molecular complexity index is 1510. The second kappa shape index (κ2) is 6.90. The van der Waals surface area contributed by atoms with Gasteiger partial charge in [0.25, 0.3) is 11.8 Å². The molecule has 0 fully saturated rings. The van der Waals surface area contributed by atoms with E-state index in [1.54, 1.807) is 18.3 Å². The van der Waals surface area contributed by atoms with Crippen LogP contribution in [-0.2, 0) is 27.5 Å². The molecule has 0 bridgehead atoms. The number of nitrogens with zero attached hydrogens (tertiary/aromatic N) is 2. The molecule has 4 heterocycles. The number of thiophene rings is 1. The number of rotatable bonds is 2. The molecule has 2 aromatic heterocycles. The van der Waals surface area contributed by atoms with Crippen molar-refractivity contribution in [1.29, 1.82) is 0 Å². The van der Waals surface area contributed by atoms with Gasteiger partial charge in [0.15, 0.2) is 0 Å². The van der Waals surface area contributed by atoms with Gasteiger partial charge < -0.3 is 9.47 Å². The standard InChI is InChI=1S/C25H19N3O3S/c1-14(29)27-9-10-28-13-19(17-6-3-5-16(12-27)22(17)28)21-20(24(30)26-25(21)31)18-7-2-4-15-8-11-32-23(15)18/h2-8,11,13H,9-10,12H2,1H3,(H,26,30,31). The number of nitrogens with one attached hydrogen (secondary N) is 1. The fourth-order valence-electron chi connectivity index (χ4n) is 4.88. The maximum Gasteiger partial charge on any atom is 0.259 e. The van der Waals surface area contributed by atoms with Crippen LogP contribution in [0.25, 0.3) is 32.1 Å². The molecule has 2 aliphatic rings. The lowest BCUT2D eigenvalue weighted by atomic mass is 9.95. The summed E-state index contributed by atoms with van der Waals surface area (Å²) in [5.74, 6) is -0.689. The van der Waals surface area contributed by atoms with Crippen LogP contribution in [0.4, 0.5) is 0 Å². The molecule has 4 aromatic rings. The molecule has 0 aliphatic carbocycles. The first-order chi connectivity index (χ1) is 15.5. The van der Waals surface area contributed by atoms with E-state index in [4.69, 9.17) is 0 Å². The van der Waals surface area contributed by atoms with Crippen molar-refractivity contribution in [3.05, 3.63) is 70.7 Å². The molecule has 2 aromatic carbocycles. The molecule has 0 radical (unpaired) electrons. The van der Waals surface area contributed by atoms with E-state index in [0.717, 1.165) is 37.7 Å². The minimum atomic E-state index is -0.370. The van der Waals surface area contributed by atoms with E-state index in [0.29, 0.717) is 30.8 Å². The Kier molecular flexibility index (Phi) is 4.10. The molecule has 2 aliphatic heterocycles. The van der Waals surface area contributed by atoms with Crippen molar-refractivity contribution < 1.29 is 14.4 Å². The zero-order valence-corrected chi connectivity index (χ0v) is 18.2. The highest BCUT2D eigenvalue weighted by molar-refractivity contribution is 7.17. The largest absolute Gasteiger partial charge is 0.345 e. The molecular weight excluding hydrogens is 422 g/mol. The molecule has 0 spiro atoms. The van der Waals surface area contributed by atoms with Crippen LogP contribution >= 0.6 is 11.3 Å². The molecule has 0 unspecified atom stereocenters. The van der Waals surface area contributed by atoms with Gasteiger partial charge >= 0.3 is 0 Å². The molecule has 0 saturated heterocycles. The Balaban J connectivity index is 1.62. The summed E-state index contributed by atoms with van der Waals surface area (Å²) in [5.41, 5.74) is 4.43. The lowest BCUT2D eigenvalue weighted by molar-refractivity contribution is -0.129. The van der Waals surface area contributed by atoms with E-state index >= 15 is 0 Å². The zero-order valence-electron chi connectivity index (χ0n) is 17.3. The van der Waals surface area contributed by atoms with Gasteiger partial charge in [-0.1, -0.05) is 36.4 Å². The van der Waals surface area contributed by atoms with Crippen LogP contribution in [0, 0.1) is 0 Å². The number of para-hydroxylation sites is 1. The van der Waals surface area contributed by atoms with Gasteiger partial charge in [-0.25, -0.2) is 0 Å². The number of carbonyl (C=O) groups is 3. The summed E-state index contributed by atoms with van der Waals surface area (Å²) < 4.78 is 3.10. The average Bonchev–Trinajstić information content (AvgIpc) is 3.42. The predicted octanol–water partition coefficient (Wildman–Crippen LogP) is 3.79. The van der Waals surface area contributed by atoms with Gasteiger partial charge in [0, 0.05) is 54.0 Å². The number of hydrogen-bond donors (Lipinski definition) is 1. The highest BCUT2D eigenvalue weighted by Gasteiger charge is 2.35. The summed E-state index contributed by atoms with van der Waals surface area (Å²) in [4.78, 5) is 39.8. The summed E-state index contributed by atoms with van der Waals surface area (Å²) in [6, 6.07) is 13.8. The van der Waals surface area contributed by atoms with E-state index in [2.05, 4.69) is 9.88 Å². The molecule has 7 heteroatoms. The lowest BCUT2D eigenvalue weighted by Crippen LogP contribution is -2.29. The van der Waals surface area contributed by atoms with E-state index in [9.17, 15) is 14.4 Å². The monoisotopic (exact) mass is 441 g/mol. The van der Waals surface area contributed by atoms with Crippen molar-refractivity contribution in [1.82, 2.24) is 14.8 Å². The first-order valence-corrected chi connectivity index (χ1v) is 11.3. The van der Waals surface area contributed by atoms with Crippen LogP contribution in [0.3, 0.4) is 0 Å². The fraction of sp³-hybridized carbons (Fsp3) is 0.160. The van der Waals surface area contributed by atoms with Gasteiger partial charge in [-0.3, -0.25) is 19.7 Å². The summed E-state index contributed by atoms with van der Waals surface area (Å²) >= 11 is 1.56. The third-order valence-corrected chi connectivity index (χ3v) is 7.31. The highest BCUT2D eigenvalue weighted by Crippen LogP contribution is 2.40. The number of aromatic nitrogens is 1. The van der Waals surface area contributed by atoms with Crippen molar-refractivity contribution in [2.75, 3.05) is 6.54 Å². The van der Waals surface area contributed by atoms with Gasteiger partial charge in [0.2, 0.25) is 5.91 Å². The minimum Gasteiger partial charge on any atom is -0.345 e. The Morgan fingerprint density at radius 1 is 0.969 bits per heavy atom. The third-order valence-electron chi connectivity index (χ3n) is 6.35. The summed E-state index contributed by atoms with van der Waals surface area (Å²) in [6.07, 6.45) is 1.96. The number of hydrogen-bond acceptors (Lipinski definition) is 4. The minimum absolute atomic E-state index is 0.0442. The number of fused-ring (bicyclic) bond motifs is 1. The number of benzene rings is 2. The molecule has 6 rings (SSSR count). The molecular formula is C25H19N3O3S. The Morgan fingerprint density at radius 3 is 2.56 bits per heavy atom. The third kappa shape index (κ3) is 2.67. The first-order valence-electron chi connectivity index (χ1n) is 10.5. The van der Waals surface area contributed by atoms with Crippen LogP contribution in [0.1, 0.15) is 23.6 Å². The second-order valence-electron chi connectivity index (χ2n) is 8.17. The van der Waals surface area contributed by atoms with Crippen LogP contribution in [-0.4, -0.2) is 33.7 Å². The van der Waals surface area contributed by atoms with Gasteiger partial charge in [0.1, 0.15) is 0 Å². The molecule has 0 saturated carbocycles. The number of imide groups is 1. The topological polar surface area (TPSA) is 71.4 Å². The quantitative estimate of drug-likeness (QED) is 0.481. The summed E-state index contributed by atoms with van der Waals surface area (Å²) in [7, 11) is 0. The maximum absolute atomic E-state index is 13.0. The second-order valence-corrected chi connectivity index (χ2v) is 9.08. The van der Waals surface area contributed by atoms with Gasteiger partial charge in [-0.05, 0) is 22.4 Å². The molecule has 32 heavy (non-hydrogen) atoms. The van der Waals surface area contributed by atoms with E-state index < -0.39 is 0 Å². The summed E-state index contributed by atoms with van der Waals surface area (Å²) in [6.45, 7) is 3.34. The van der Waals surface area contributed by atoms with Crippen LogP contribution in [0.2, 0.25) is 0 Å². The Hall–Kier alpha value is -3.71. The molecule has 3 amide bonds. The Labute approximate surface area is 187 Å². The van der Waals surface area contributed by atoms with Gasteiger partial charge in [-0.15, -0.1) is 11.3 Å². The molecule has 158 valence electrons. The number of carbonyl (C=O) groups excluding carboxylic acids is 3. The zero-order chi connectivity index (χ0) is 22.0. The summed E-state index contributed by atoms with van der Waals surface area (Å²) in [5, 5.41) is 6.48. The van der Waals surface area contributed by atoms with Crippen LogP contribution in [0.5, 0.6) is 0 Å².